The molecule has 1 unspecified atom stereocenters. The van der Waals surface area contributed by atoms with E-state index in [4.69, 9.17) is 15.9 Å². The van der Waals surface area contributed by atoms with Crippen LogP contribution in [0.4, 0.5) is 0 Å². The molecule has 1 aromatic heterocycles. The van der Waals surface area contributed by atoms with Crippen molar-refractivity contribution < 1.29 is 9.84 Å². The second-order valence-electron chi connectivity index (χ2n) is 4.23. The van der Waals surface area contributed by atoms with E-state index >= 15 is 0 Å². The number of hydrogen-bond donors (Lipinski definition) is 3. The van der Waals surface area contributed by atoms with Gasteiger partial charge in [-0.1, -0.05) is 6.07 Å². The van der Waals surface area contributed by atoms with Crippen LogP contribution in [0.2, 0.25) is 0 Å². The van der Waals surface area contributed by atoms with Gasteiger partial charge >= 0.3 is 0 Å². The van der Waals surface area contributed by atoms with Crippen LogP contribution in [-0.2, 0) is 11.3 Å². The van der Waals surface area contributed by atoms with Crippen LogP contribution in [0.15, 0.2) is 18.3 Å². The first-order chi connectivity index (χ1) is 8.54. The maximum atomic E-state index is 9.63. The van der Waals surface area contributed by atoms with E-state index in [-0.39, 0.29) is 5.84 Å². The summed E-state index contributed by atoms with van der Waals surface area (Å²) in [6.45, 7) is 1.36. The molecule has 100 valence electrons. The fourth-order valence-electron chi connectivity index (χ4n) is 1.77. The molecule has 0 saturated heterocycles. The number of aromatic nitrogens is 1. The van der Waals surface area contributed by atoms with Crippen molar-refractivity contribution in [3.8, 4) is 0 Å². The van der Waals surface area contributed by atoms with Crippen LogP contribution >= 0.6 is 0 Å². The number of nitrogen functional groups attached to an aromatic ring is 1. The van der Waals surface area contributed by atoms with E-state index in [9.17, 15) is 5.11 Å². The van der Waals surface area contributed by atoms with Gasteiger partial charge in [0.2, 0.25) is 0 Å². The summed E-state index contributed by atoms with van der Waals surface area (Å²) in [6.07, 6.45) is 1.08. The molecule has 0 bridgehead atoms. The van der Waals surface area contributed by atoms with Gasteiger partial charge in [0, 0.05) is 26.4 Å². The molecule has 1 aromatic rings. The topological polar surface area (TPSA) is 95.5 Å². The van der Waals surface area contributed by atoms with Gasteiger partial charge in [0.15, 0.2) is 0 Å². The Bertz CT molecular complexity index is 397. The van der Waals surface area contributed by atoms with Crippen LogP contribution in [-0.4, -0.2) is 54.2 Å². The maximum Gasteiger partial charge on any atom is 0.142 e. The first-order valence-electron chi connectivity index (χ1n) is 5.68. The molecule has 1 heterocycles. The zero-order valence-electron chi connectivity index (χ0n) is 10.8. The van der Waals surface area contributed by atoms with Crippen LogP contribution in [0.25, 0.3) is 0 Å². The minimum Gasteiger partial charge on any atom is -0.389 e. The number of rotatable bonds is 7. The Morgan fingerprint density at radius 3 is 3.00 bits per heavy atom. The van der Waals surface area contributed by atoms with E-state index in [0.29, 0.717) is 25.4 Å². The summed E-state index contributed by atoms with van der Waals surface area (Å²) >= 11 is 0. The van der Waals surface area contributed by atoms with Crippen LogP contribution < -0.4 is 5.73 Å². The van der Waals surface area contributed by atoms with Gasteiger partial charge in [-0.3, -0.25) is 15.3 Å². The molecule has 6 heteroatoms. The SMILES string of the molecule is COCC(O)CN(C)Cc1cccnc1C(=N)N. The van der Waals surface area contributed by atoms with Crippen molar-refractivity contribution in [2.75, 3.05) is 27.3 Å². The van der Waals surface area contributed by atoms with Crippen molar-refractivity contribution in [3.63, 3.8) is 0 Å². The summed E-state index contributed by atoms with van der Waals surface area (Å²) in [5, 5.41) is 17.1. The van der Waals surface area contributed by atoms with Gasteiger partial charge in [0.1, 0.15) is 11.5 Å². The zero-order valence-corrected chi connectivity index (χ0v) is 10.8. The molecule has 0 aliphatic carbocycles. The molecular formula is C12H20N4O2. The average molecular weight is 252 g/mol. The van der Waals surface area contributed by atoms with E-state index in [1.807, 2.05) is 18.0 Å². The first kappa shape index (κ1) is 14.6. The van der Waals surface area contributed by atoms with E-state index in [2.05, 4.69) is 4.98 Å². The zero-order chi connectivity index (χ0) is 13.5. The van der Waals surface area contributed by atoms with Gasteiger partial charge in [0.25, 0.3) is 0 Å². The standard InChI is InChI=1S/C12H20N4O2/c1-16(7-10(17)8-18-2)6-9-4-3-5-15-11(9)12(13)14/h3-5,10,17H,6-8H2,1-2H3,(H3,13,14). The molecule has 0 saturated carbocycles. The number of aliphatic hydroxyl groups excluding tert-OH is 1. The molecule has 0 aliphatic rings. The predicted octanol–water partition coefficient (Wildman–Crippen LogP) is -0.195. The highest BCUT2D eigenvalue weighted by atomic mass is 16.5. The quantitative estimate of drug-likeness (QED) is 0.461. The Balaban J connectivity index is 2.64. The molecule has 0 spiro atoms. The van der Waals surface area contributed by atoms with Crippen molar-refractivity contribution in [2.24, 2.45) is 5.73 Å². The molecule has 0 amide bonds. The van der Waals surface area contributed by atoms with Crippen LogP contribution in [0, 0.1) is 5.41 Å². The highest BCUT2D eigenvalue weighted by Gasteiger charge is 2.12. The van der Waals surface area contributed by atoms with Gasteiger partial charge in [0.05, 0.1) is 12.7 Å². The minimum absolute atomic E-state index is 0.0450. The number of aliphatic hydroxyl groups is 1. The lowest BCUT2D eigenvalue weighted by atomic mass is 10.1. The second-order valence-corrected chi connectivity index (χ2v) is 4.23. The lowest BCUT2D eigenvalue weighted by Crippen LogP contribution is -2.32. The number of nitrogens with two attached hydrogens (primary N) is 1. The Hall–Kier alpha value is -1.50. The lowest BCUT2D eigenvalue weighted by molar-refractivity contribution is 0.0418. The van der Waals surface area contributed by atoms with Crippen molar-refractivity contribution in [2.45, 2.75) is 12.6 Å². The van der Waals surface area contributed by atoms with E-state index in [1.54, 1.807) is 19.4 Å². The summed E-state index contributed by atoms with van der Waals surface area (Å²) in [6, 6.07) is 3.68. The number of hydrogen-bond acceptors (Lipinski definition) is 5. The Kier molecular flexibility index (Phi) is 5.70. The molecule has 0 aliphatic heterocycles. The minimum atomic E-state index is -0.530. The van der Waals surface area contributed by atoms with Crippen molar-refractivity contribution >= 4 is 5.84 Å². The number of nitrogens with zero attached hydrogens (tertiary/aromatic N) is 2. The monoisotopic (exact) mass is 252 g/mol. The molecular weight excluding hydrogens is 232 g/mol. The van der Waals surface area contributed by atoms with Crippen molar-refractivity contribution in [1.82, 2.24) is 9.88 Å². The fraction of sp³-hybridized carbons (Fsp3) is 0.500. The Morgan fingerprint density at radius 2 is 2.39 bits per heavy atom. The highest BCUT2D eigenvalue weighted by Crippen LogP contribution is 2.08. The number of nitrogens with one attached hydrogen (secondary N) is 1. The van der Waals surface area contributed by atoms with Crippen LogP contribution in [0.5, 0.6) is 0 Å². The van der Waals surface area contributed by atoms with Gasteiger partial charge in [-0.05, 0) is 18.7 Å². The Morgan fingerprint density at radius 1 is 1.67 bits per heavy atom. The average Bonchev–Trinajstić information content (AvgIpc) is 2.29. The number of amidine groups is 1. The number of methoxy groups -OCH3 is 1. The molecule has 6 nitrogen and oxygen atoms in total. The molecule has 1 atom stereocenters. The third-order valence-corrected chi connectivity index (χ3v) is 2.47. The first-order valence-corrected chi connectivity index (χ1v) is 5.68. The summed E-state index contributed by atoms with van der Waals surface area (Å²) in [5.41, 5.74) is 6.84. The molecule has 18 heavy (non-hydrogen) atoms. The normalized spacial score (nSPS) is 12.7. The summed E-state index contributed by atoms with van der Waals surface area (Å²) < 4.78 is 4.87. The van der Waals surface area contributed by atoms with E-state index in [1.165, 1.54) is 0 Å². The largest absolute Gasteiger partial charge is 0.389 e. The number of pyridine rings is 1. The predicted molar refractivity (Wildman–Crippen MR) is 69.5 cm³/mol. The fourth-order valence-corrected chi connectivity index (χ4v) is 1.77. The second kappa shape index (κ2) is 7.05. The van der Waals surface area contributed by atoms with Crippen LogP contribution in [0.3, 0.4) is 0 Å². The molecule has 1 rings (SSSR count). The molecule has 0 fully saturated rings. The third-order valence-electron chi connectivity index (χ3n) is 2.47. The van der Waals surface area contributed by atoms with Crippen LogP contribution in [0.1, 0.15) is 11.3 Å². The maximum absolute atomic E-state index is 9.63. The molecule has 0 aromatic carbocycles. The number of likely N-dealkylation sites (N-methyl/N-ethyl adjacent to an activating group) is 1. The van der Waals surface area contributed by atoms with Gasteiger partial charge in [-0.15, -0.1) is 0 Å². The van der Waals surface area contributed by atoms with E-state index in [0.717, 1.165) is 5.56 Å². The highest BCUT2D eigenvalue weighted by molar-refractivity contribution is 5.94. The number of ether oxygens (including phenoxy) is 1. The summed E-state index contributed by atoms with van der Waals surface area (Å²) in [4.78, 5) is 6.02. The van der Waals surface area contributed by atoms with Gasteiger partial charge < -0.3 is 15.6 Å². The van der Waals surface area contributed by atoms with Crippen molar-refractivity contribution in [1.29, 1.82) is 5.41 Å². The third kappa shape index (κ3) is 4.40. The lowest BCUT2D eigenvalue weighted by Gasteiger charge is -2.21. The Labute approximate surface area is 107 Å². The van der Waals surface area contributed by atoms with Gasteiger partial charge in [-0.2, -0.15) is 0 Å². The molecule has 0 radical (unpaired) electrons. The van der Waals surface area contributed by atoms with E-state index < -0.39 is 6.10 Å². The van der Waals surface area contributed by atoms with Gasteiger partial charge in [-0.25, -0.2) is 0 Å². The summed E-state index contributed by atoms with van der Waals surface area (Å²) in [7, 11) is 3.44. The smallest absolute Gasteiger partial charge is 0.142 e. The summed E-state index contributed by atoms with van der Waals surface area (Å²) in [5.74, 6) is -0.0450. The van der Waals surface area contributed by atoms with Crippen molar-refractivity contribution in [3.05, 3.63) is 29.6 Å². The molecule has 4 N–H and O–H groups in total.